The summed E-state index contributed by atoms with van der Waals surface area (Å²) in [5.41, 5.74) is 0.564. The van der Waals surface area contributed by atoms with E-state index in [9.17, 15) is 9.59 Å². The molecule has 1 aromatic carbocycles. The summed E-state index contributed by atoms with van der Waals surface area (Å²) in [5.74, 6) is 0. The van der Waals surface area contributed by atoms with Crippen LogP contribution in [-0.4, -0.2) is 21.9 Å². The Labute approximate surface area is 128 Å². The van der Waals surface area contributed by atoms with Crippen LogP contribution in [0.25, 0.3) is 10.8 Å². The van der Waals surface area contributed by atoms with Gasteiger partial charge in [0.1, 0.15) is 0 Å². The zero-order valence-corrected chi connectivity index (χ0v) is 12.6. The van der Waals surface area contributed by atoms with E-state index in [1.165, 1.54) is 17.5 Å². The number of aromatic nitrogens is 2. The van der Waals surface area contributed by atoms with Crippen LogP contribution in [0.3, 0.4) is 0 Å². The topological polar surface area (TPSA) is 76.0 Å². The summed E-state index contributed by atoms with van der Waals surface area (Å²) in [6.45, 7) is 0.299. The minimum Gasteiger partial charge on any atom is -0.335 e. The van der Waals surface area contributed by atoms with Crippen LogP contribution >= 0.6 is 0 Å². The summed E-state index contributed by atoms with van der Waals surface area (Å²) >= 11 is 0. The Morgan fingerprint density at radius 1 is 1.27 bits per heavy atom. The van der Waals surface area contributed by atoms with Crippen molar-refractivity contribution in [1.82, 2.24) is 20.4 Å². The number of nitrogens with zero attached hydrogens (tertiary/aromatic N) is 2. The SMILES string of the molecule is Cn1nc(CNC(=O)NC2CCCC2)c2ccccc2c1=O. The number of carbonyl (C=O) groups is 1. The fourth-order valence-electron chi connectivity index (χ4n) is 2.98. The van der Waals surface area contributed by atoms with Crippen LogP contribution in [0.15, 0.2) is 29.1 Å². The molecule has 0 radical (unpaired) electrons. The first kappa shape index (κ1) is 14.6. The van der Waals surface area contributed by atoms with Gasteiger partial charge >= 0.3 is 6.03 Å². The third-order valence-electron chi connectivity index (χ3n) is 4.14. The molecule has 1 saturated carbocycles. The van der Waals surface area contributed by atoms with Gasteiger partial charge in [-0.3, -0.25) is 4.79 Å². The highest BCUT2D eigenvalue weighted by Crippen LogP contribution is 2.17. The number of hydrogen-bond donors (Lipinski definition) is 2. The van der Waals surface area contributed by atoms with Crippen molar-refractivity contribution in [2.24, 2.45) is 7.05 Å². The molecule has 22 heavy (non-hydrogen) atoms. The van der Waals surface area contributed by atoms with Crippen molar-refractivity contribution in [2.75, 3.05) is 0 Å². The van der Waals surface area contributed by atoms with Gasteiger partial charge in [0.2, 0.25) is 0 Å². The minimum absolute atomic E-state index is 0.130. The van der Waals surface area contributed by atoms with Crippen LogP contribution in [0.2, 0.25) is 0 Å². The van der Waals surface area contributed by atoms with Crippen molar-refractivity contribution in [3.63, 3.8) is 0 Å². The molecule has 6 nitrogen and oxygen atoms in total. The smallest absolute Gasteiger partial charge is 0.315 e. The molecule has 0 spiro atoms. The number of rotatable bonds is 3. The number of fused-ring (bicyclic) bond motifs is 1. The number of carbonyl (C=O) groups excluding carboxylic acids is 1. The Kier molecular flexibility index (Phi) is 4.09. The second kappa shape index (κ2) is 6.17. The first-order valence-electron chi connectivity index (χ1n) is 7.64. The molecule has 1 fully saturated rings. The van der Waals surface area contributed by atoms with Crippen LogP contribution in [0.1, 0.15) is 31.4 Å². The molecular formula is C16H20N4O2. The Balaban J connectivity index is 1.75. The van der Waals surface area contributed by atoms with Crippen LogP contribution in [-0.2, 0) is 13.6 Å². The van der Waals surface area contributed by atoms with E-state index >= 15 is 0 Å². The summed E-state index contributed by atoms with van der Waals surface area (Å²) in [5, 5.41) is 11.5. The predicted molar refractivity (Wildman–Crippen MR) is 84.6 cm³/mol. The molecule has 0 atom stereocenters. The van der Waals surface area contributed by atoms with Gasteiger partial charge in [-0.2, -0.15) is 5.10 Å². The van der Waals surface area contributed by atoms with Crippen molar-refractivity contribution in [1.29, 1.82) is 0 Å². The molecule has 2 N–H and O–H groups in total. The van der Waals surface area contributed by atoms with Crippen LogP contribution in [0.5, 0.6) is 0 Å². The molecule has 0 saturated heterocycles. The molecule has 1 aliphatic rings. The molecule has 0 unspecified atom stereocenters. The normalized spacial score (nSPS) is 15.1. The molecule has 1 heterocycles. The standard InChI is InChI=1S/C16H20N4O2/c1-20-15(21)13-9-5-4-8-12(13)14(19-20)10-17-16(22)18-11-6-2-3-7-11/h4-5,8-9,11H,2-3,6-7,10H2,1H3,(H2,17,18,22). The van der Waals surface area contributed by atoms with E-state index in [0.717, 1.165) is 18.2 Å². The number of amides is 2. The van der Waals surface area contributed by atoms with Crippen molar-refractivity contribution >= 4 is 16.8 Å². The quantitative estimate of drug-likeness (QED) is 0.905. The van der Waals surface area contributed by atoms with Crippen LogP contribution in [0.4, 0.5) is 4.79 Å². The lowest BCUT2D eigenvalue weighted by atomic mass is 10.1. The third kappa shape index (κ3) is 2.95. The molecule has 116 valence electrons. The highest BCUT2D eigenvalue weighted by molar-refractivity contribution is 5.84. The van der Waals surface area contributed by atoms with Gasteiger partial charge in [-0.1, -0.05) is 31.0 Å². The number of urea groups is 1. The molecular weight excluding hydrogens is 280 g/mol. The fourth-order valence-corrected chi connectivity index (χ4v) is 2.98. The second-order valence-electron chi connectivity index (χ2n) is 5.73. The van der Waals surface area contributed by atoms with Gasteiger partial charge < -0.3 is 10.6 Å². The van der Waals surface area contributed by atoms with Gasteiger partial charge in [0.15, 0.2) is 0 Å². The lowest BCUT2D eigenvalue weighted by Gasteiger charge is -2.13. The molecule has 2 amide bonds. The number of aryl methyl sites for hydroxylation is 1. The summed E-state index contributed by atoms with van der Waals surface area (Å²) in [7, 11) is 1.62. The lowest BCUT2D eigenvalue weighted by Crippen LogP contribution is -2.40. The van der Waals surface area contributed by atoms with E-state index in [-0.39, 0.29) is 17.6 Å². The van der Waals surface area contributed by atoms with Crippen molar-refractivity contribution < 1.29 is 4.79 Å². The average Bonchev–Trinajstić information content (AvgIpc) is 3.02. The Morgan fingerprint density at radius 3 is 2.68 bits per heavy atom. The van der Waals surface area contributed by atoms with Crippen LogP contribution < -0.4 is 16.2 Å². The summed E-state index contributed by atoms with van der Waals surface area (Å²) in [6.07, 6.45) is 4.46. The van der Waals surface area contributed by atoms with Gasteiger partial charge in [0, 0.05) is 18.5 Å². The van der Waals surface area contributed by atoms with E-state index in [1.807, 2.05) is 18.2 Å². The average molecular weight is 300 g/mol. The van der Waals surface area contributed by atoms with Crippen LogP contribution in [0, 0.1) is 0 Å². The zero-order chi connectivity index (χ0) is 15.5. The number of nitrogens with one attached hydrogen (secondary N) is 2. The Hall–Kier alpha value is -2.37. The van der Waals surface area contributed by atoms with E-state index in [4.69, 9.17) is 0 Å². The van der Waals surface area contributed by atoms with Gasteiger partial charge in [0.25, 0.3) is 5.56 Å². The summed E-state index contributed by atoms with van der Waals surface area (Å²) in [4.78, 5) is 24.0. The molecule has 0 bridgehead atoms. The van der Waals surface area contributed by atoms with E-state index in [1.54, 1.807) is 13.1 Å². The fraction of sp³-hybridized carbons (Fsp3) is 0.438. The van der Waals surface area contributed by atoms with Gasteiger partial charge in [-0.25, -0.2) is 9.48 Å². The predicted octanol–water partition coefficient (Wildman–Crippen LogP) is 1.68. The van der Waals surface area contributed by atoms with Gasteiger partial charge in [0.05, 0.1) is 17.6 Å². The van der Waals surface area contributed by atoms with E-state index in [0.29, 0.717) is 17.6 Å². The number of benzene rings is 1. The van der Waals surface area contributed by atoms with Crippen molar-refractivity contribution in [2.45, 2.75) is 38.3 Å². The monoisotopic (exact) mass is 300 g/mol. The first-order chi connectivity index (χ1) is 10.6. The molecule has 2 aromatic rings. The minimum atomic E-state index is -0.174. The highest BCUT2D eigenvalue weighted by Gasteiger charge is 2.17. The zero-order valence-electron chi connectivity index (χ0n) is 12.6. The van der Waals surface area contributed by atoms with E-state index in [2.05, 4.69) is 15.7 Å². The molecule has 6 heteroatoms. The number of hydrogen-bond acceptors (Lipinski definition) is 3. The third-order valence-corrected chi connectivity index (χ3v) is 4.14. The summed E-state index contributed by atoms with van der Waals surface area (Å²) < 4.78 is 1.31. The first-order valence-corrected chi connectivity index (χ1v) is 7.64. The second-order valence-corrected chi connectivity index (χ2v) is 5.73. The molecule has 3 rings (SSSR count). The molecule has 0 aliphatic heterocycles. The van der Waals surface area contributed by atoms with Gasteiger partial charge in [-0.15, -0.1) is 0 Å². The maximum Gasteiger partial charge on any atom is 0.315 e. The van der Waals surface area contributed by atoms with Crippen molar-refractivity contribution in [3.05, 3.63) is 40.3 Å². The maximum atomic E-state index is 12.0. The Bertz CT molecular complexity index is 747. The highest BCUT2D eigenvalue weighted by atomic mass is 16.2. The van der Waals surface area contributed by atoms with Gasteiger partial charge in [-0.05, 0) is 18.9 Å². The maximum absolute atomic E-state index is 12.0. The summed E-state index contributed by atoms with van der Waals surface area (Å²) in [6, 6.07) is 7.44. The molecule has 1 aliphatic carbocycles. The van der Waals surface area contributed by atoms with Crippen molar-refractivity contribution in [3.8, 4) is 0 Å². The van der Waals surface area contributed by atoms with E-state index < -0.39 is 0 Å². The largest absolute Gasteiger partial charge is 0.335 e. The molecule has 1 aromatic heterocycles. The Morgan fingerprint density at radius 2 is 1.95 bits per heavy atom. The lowest BCUT2D eigenvalue weighted by molar-refractivity contribution is 0.236.